The summed E-state index contributed by atoms with van der Waals surface area (Å²) in [6, 6.07) is 3.32. The van der Waals surface area contributed by atoms with Crippen molar-refractivity contribution in [2.45, 2.75) is 18.2 Å². The molecule has 0 bridgehead atoms. The molecule has 0 atom stereocenters. The van der Waals surface area contributed by atoms with Crippen molar-refractivity contribution in [2.24, 2.45) is 0 Å². The van der Waals surface area contributed by atoms with Gasteiger partial charge >= 0.3 is 5.38 Å². The molecule has 0 fully saturated rings. The highest BCUT2D eigenvalue weighted by Crippen LogP contribution is 2.26. The average molecular weight is 225 g/mol. The zero-order chi connectivity index (χ0) is 9.90. The highest BCUT2D eigenvalue weighted by atomic mass is 35.5. The quantitative estimate of drug-likeness (QED) is 0.565. The van der Waals surface area contributed by atoms with E-state index in [4.69, 9.17) is 0 Å². The van der Waals surface area contributed by atoms with Crippen molar-refractivity contribution in [3.05, 3.63) is 22.4 Å². The number of alkyl halides is 3. The van der Waals surface area contributed by atoms with Crippen LogP contribution in [0.5, 0.6) is 0 Å². The second-order valence-corrected chi connectivity index (χ2v) is 4.02. The third-order valence-electron chi connectivity index (χ3n) is 1.43. The number of hydrogen-bond acceptors (Lipinski definition) is 2. The second kappa shape index (κ2) is 4.15. The predicted octanol–water partition coefficient (Wildman–Crippen LogP) is 3.54. The van der Waals surface area contributed by atoms with Crippen LogP contribution >= 0.6 is 22.9 Å². The Morgan fingerprint density at radius 1 is 1.62 bits per heavy atom. The molecule has 0 aliphatic heterocycles. The Balaban J connectivity index is 2.44. The number of ketones is 1. The van der Waals surface area contributed by atoms with Crippen molar-refractivity contribution < 1.29 is 13.6 Å². The van der Waals surface area contributed by atoms with Gasteiger partial charge in [0.2, 0.25) is 0 Å². The van der Waals surface area contributed by atoms with Crippen LogP contribution in [0.1, 0.15) is 22.5 Å². The molecule has 0 aliphatic rings. The number of thiophene rings is 1. The van der Waals surface area contributed by atoms with Crippen LogP contribution in [0.3, 0.4) is 0 Å². The van der Waals surface area contributed by atoms with Crippen molar-refractivity contribution in [1.29, 1.82) is 0 Å². The standard InChI is InChI=1S/C8H7ClF2OS/c9-8(10,11)4-3-6(12)7-2-1-5-13-7/h1-2,5H,3-4H2. The van der Waals surface area contributed by atoms with Gasteiger partial charge in [0.1, 0.15) is 0 Å². The zero-order valence-corrected chi connectivity index (χ0v) is 8.17. The van der Waals surface area contributed by atoms with Gasteiger partial charge in [-0.3, -0.25) is 4.79 Å². The maximum atomic E-state index is 12.1. The van der Waals surface area contributed by atoms with E-state index in [0.29, 0.717) is 4.88 Å². The average Bonchev–Trinajstić information content (AvgIpc) is 2.50. The summed E-state index contributed by atoms with van der Waals surface area (Å²) in [6.45, 7) is 0. The van der Waals surface area contributed by atoms with Gasteiger partial charge in [-0.15, -0.1) is 11.3 Å². The van der Waals surface area contributed by atoms with Crippen molar-refractivity contribution in [2.75, 3.05) is 0 Å². The minimum absolute atomic E-state index is 0.211. The van der Waals surface area contributed by atoms with Crippen LogP contribution < -0.4 is 0 Å². The van der Waals surface area contributed by atoms with Crippen molar-refractivity contribution in [1.82, 2.24) is 0 Å². The van der Waals surface area contributed by atoms with E-state index in [0.717, 1.165) is 0 Å². The maximum absolute atomic E-state index is 12.1. The highest BCUT2D eigenvalue weighted by molar-refractivity contribution is 7.12. The number of hydrogen-bond donors (Lipinski definition) is 0. The second-order valence-electron chi connectivity index (χ2n) is 2.52. The Morgan fingerprint density at radius 3 is 2.77 bits per heavy atom. The van der Waals surface area contributed by atoms with Gasteiger partial charge in [0.15, 0.2) is 5.78 Å². The summed E-state index contributed by atoms with van der Waals surface area (Å²) in [5.41, 5.74) is 0. The van der Waals surface area contributed by atoms with Gasteiger partial charge in [0.25, 0.3) is 0 Å². The van der Waals surface area contributed by atoms with E-state index in [-0.39, 0.29) is 12.2 Å². The molecule has 0 saturated carbocycles. The van der Waals surface area contributed by atoms with Crippen LogP contribution in [0.2, 0.25) is 0 Å². The lowest BCUT2D eigenvalue weighted by atomic mass is 10.2. The maximum Gasteiger partial charge on any atom is 0.322 e. The Labute approximate surface area is 83.3 Å². The molecular formula is C8H7ClF2OS. The van der Waals surface area contributed by atoms with Crippen LogP contribution in [0.15, 0.2) is 17.5 Å². The highest BCUT2D eigenvalue weighted by Gasteiger charge is 2.25. The van der Waals surface area contributed by atoms with Gasteiger partial charge in [-0.1, -0.05) is 6.07 Å². The first-order valence-electron chi connectivity index (χ1n) is 3.62. The molecule has 0 aromatic carbocycles. The van der Waals surface area contributed by atoms with Crippen molar-refractivity contribution in [3.8, 4) is 0 Å². The predicted molar refractivity (Wildman–Crippen MR) is 48.7 cm³/mol. The molecule has 0 N–H and O–H groups in total. The normalized spacial score (nSPS) is 11.6. The number of carbonyl (C=O) groups is 1. The van der Waals surface area contributed by atoms with E-state index in [9.17, 15) is 13.6 Å². The van der Waals surface area contributed by atoms with Gasteiger partial charge in [0.05, 0.1) is 4.88 Å². The zero-order valence-electron chi connectivity index (χ0n) is 6.60. The van der Waals surface area contributed by atoms with Crippen molar-refractivity contribution in [3.63, 3.8) is 0 Å². The molecule has 5 heteroatoms. The van der Waals surface area contributed by atoms with E-state index >= 15 is 0 Å². The molecule has 0 amide bonds. The molecule has 13 heavy (non-hydrogen) atoms. The van der Waals surface area contributed by atoms with Crippen LogP contribution in [-0.4, -0.2) is 11.2 Å². The van der Waals surface area contributed by atoms with Crippen molar-refractivity contribution >= 4 is 28.7 Å². The molecule has 0 radical (unpaired) electrons. The minimum Gasteiger partial charge on any atom is -0.293 e. The van der Waals surface area contributed by atoms with Gasteiger partial charge in [-0.25, -0.2) is 0 Å². The topological polar surface area (TPSA) is 17.1 Å². The summed E-state index contributed by atoms with van der Waals surface area (Å²) in [5.74, 6) is -0.282. The smallest absolute Gasteiger partial charge is 0.293 e. The van der Waals surface area contributed by atoms with E-state index in [1.165, 1.54) is 11.3 Å². The summed E-state index contributed by atoms with van der Waals surface area (Å²) in [6.07, 6.45) is -0.817. The van der Waals surface area contributed by atoms with Crippen LogP contribution in [-0.2, 0) is 0 Å². The number of rotatable bonds is 4. The number of Topliss-reactive ketones (excluding diaryl/α,β-unsaturated/α-hetero) is 1. The third-order valence-corrected chi connectivity index (χ3v) is 2.53. The summed E-state index contributed by atoms with van der Waals surface area (Å²) >= 11 is 5.90. The molecule has 1 heterocycles. The van der Waals surface area contributed by atoms with Gasteiger partial charge in [0, 0.05) is 12.8 Å². The lowest BCUT2D eigenvalue weighted by Gasteiger charge is -2.05. The van der Waals surface area contributed by atoms with Gasteiger partial charge in [-0.05, 0) is 23.0 Å². The lowest BCUT2D eigenvalue weighted by Crippen LogP contribution is -2.08. The van der Waals surface area contributed by atoms with Crippen LogP contribution in [0.25, 0.3) is 0 Å². The fourth-order valence-corrected chi connectivity index (χ4v) is 1.60. The summed E-state index contributed by atoms with van der Waals surface area (Å²) in [4.78, 5) is 11.7. The van der Waals surface area contributed by atoms with Crippen LogP contribution in [0.4, 0.5) is 8.78 Å². The Hall–Kier alpha value is -0.480. The molecule has 1 rings (SSSR count). The first-order valence-corrected chi connectivity index (χ1v) is 4.88. The molecular weight excluding hydrogens is 218 g/mol. The molecule has 72 valence electrons. The molecule has 1 aromatic rings. The molecule has 0 saturated heterocycles. The first kappa shape index (κ1) is 10.6. The number of carbonyl (C=O) groups excluding carboxylic acids is 1. The summed E-state index contributed by atoms with van der Waals surface area (Å²) < 4.78 is 24.3. The fraction of sp³-hybridized carbons (Fsp3) is 0.375. The largest absolute Gasteiger partial charge is 0.322 e. The van der Waals surface area contributed by atoms with E-state index in [1.54, 1.807) is 17.5 Å². The Kier molecular flexibility index (Phi) is 3.39. The van der Waals surface area contributed by atoms with Gasteiger partial charge in [-0.2, -0.15) is 8.78 Å². The summed E-state index contributed by atoms with van der Waals surface area (Å²) in [7, 11) is 0. The first-order chi connectivity index (χ1) is 5.99. The van der Waals surface area contributed by atoms with E-state index < -0.39 is 11.8 Å². The SMILES string of the molecule is O=C(CCC(F)(F)Cl)c1cccs1. The lowest BCUT2D eigenvalue weighted by molar-refractivity contribution is 0.0737. The fourth-order valence-electron chi connectivity index (χ4n) is 0.816. The van der Waals surface area contributed by atoms with E-state index in [1.807, 2.05) is 0 Å². The third kappa shape index (κ3) is 3.83. The summed E-state index contributed by atoms with van der Waals surface area (Å²) in [5, 5.41) is -1.54. The Bertz CT molecular complexity index is 279. The Morgan fingerprint density at radius 2 is 2.31 bits per heavy atom. The van der Waals surface area contributed by atoms with Crippen LogP contribution in [0, 0.1) is 0 Å². The molecule has 0 unspecified atom stereocenters. The monoisotopic (exact) mass is 224 g/mol. The molecule has 1 aromatic heterocycles. The minimum atomic E-state index is -3.27. The van der Waals surface area contributed by atoms with Gasteiger partial charge < -0.3 is 0 Å². The molecule has 0 spiro atoms. The number of halogens is 3. The molecule has 0 aliphatic carbocycles. The molecule has 1 nitrogen and oxygen atoms in total. The van der Waals surface area contributed by atoms with E-state index in [2.05, 4.69) is 11.6 Å².